The maximum Gasteiger partial charge on any atom is 0.264 e. The molecule has 0 saturated carbocycles. The van der Waals surface area contributed by atoms with Crippen molar-refractivity contribution in [3.63, 3.8) is 0 Å². The van der Waals surface area contributed by atoms with Crippen LogP contribution in [-0.4, -0.2) is 53.6 Å². The van der Waals surface area contributed by atoms with Gasteiger partial charge in [-0.15, -0.1) is 0 Å². The van der Waals surface area contributed by atoms with E-state index in [4.69, 9.17) is 59.3 Å². The molecule has 95 heavy (non-hydrogen) atoms. The van der Waals surface area contributed by atoms with Gasteiger partial charge in [0.15, 0.2) is 0 Å². The number of rotatable bonds is 10. The normalized spacial score (nSPS) is 11.6. The highest BCUT2D eigenvalue weighted by Crippen LogP contribution is 2.33. The molecule has 0 fully saturated rings. The van der Waals surface area contributed by atoms with Crippen molar-refractivity contribution < 1.29 is 0 Å². The molecule has 9 N–H and O–H groups in total. The van der Waals surface area contributed by atoms with Crippen molar-refractivity contribution in [1.82, 2.24) is 53.6 Å². The van der Waals surface area contributed by atoms with Gasteiger partial charge >= 0.3 is 0 Å². The summed E-state index contributed by atoms with van der Waals surface area (Å²) in [4.78, 5) is 79.6. The molecule has 474 valence electrons. The lowest BCUT2D eigenvalue weighted by atomic mass is 9.99. The summed E-state index contributed by atoms with van der Waals surface area (Å²) in [6, 6.07) is 50.4. The molecule has 23 heteroatoms. The topological polar surface area (TPSA) is 294 Å². The van der Waals surface area contributed by atoms with Gasteiger partial charge in [-0.3, -0.25) is 28.1 Å². The summed E-state index contributed by atoms with van der Waals surface area (Å²) in [5.41, 5.74) is 30.9. The molecule has 7 heterocycles. The van der Waals surface area contributed by atoms with E-state index in [1.54, 1.807) is 44.6 Å². The van der Waals surface area contributed by atoms with Crippen LogP contribution in [0.2, 0.25) is 10.2 Å². The number of nitrogens with zero attached hydrogens (tertiary/aromatic N) is 13. The SMILES string of the molecule is C.C[C@H](N)c1cc2cccc(Cl)c2c(=O)n1-c1ccccc1.Cc1ncc(-c2cccc3cc([C@H](C)N)n(-c4ccccc4)c(=O)c23)cn1.[C-]#[N+]c1cnc(N)nc1Cl.[C-]#[N+]c1cnc(N)nc1N[C@@H](C)c1cc2cccc(-c3cnc(C)nc3)c2c(=O)n1-c1ccccc1. The molecule has 0 amide bonds. The fourth-order valence-corrected chi connectivity index (χ4v) is 10.9. The molecule has 0 aliphatic carbocycles. The summed E-state index contributed by atoms with van der Waals surface area (Å²) in [7, 11) is 0. The quantitative estimate of drug-likeness (QED) is 0.0628. The van der Waals surface area contributed by atoms with Gasteiger partial charge in [0.05, 0.1) is 40.4 Å². The van der Waals surface area contributed by atoms with Crippen molar-refractivity contribution in [1.29, 1.82) is 0 Å². The van der Waals surface area contributed by atoms with E-state index in [0.717, 1.165) is 66.9 Å². The fraction of sp³-hybridized carbons (Fsp3) is 0.125. The number of halogens is 2. The van der Waals surface area contributed by atoms with Gasteiger partial charge < -0.3 is 28.3 Å². The van der Waals surface area contributed by atoms with Crippen LogP contribution in [0.1, 0.15) is 75.1 Å². The molecule has 6 aromatic carbocycles. The van der Waals surface area contributed by atoms with Crippen LogP contribution in [0.25, 0.3) is 81.3 Å². The second-order valence-electron chi connectivity index (χ2n) is 21.5. The van der Waals surface area contributed by atoms with E-state index in [2.05, 4.69) is 54.9 Å². The summed E-state index contributed by atoms with van der Waals surface area (Å²) in [5, 5.41) is 7.98. The maximum atomic E-state index is 14.1. The first-order chi connectivity index (χ1) is 45.3. The average molecular weight is 1300 g/mol. The van der Waals surface area contributed by atoms with E-state index in [-0.39, 0.29) is 64.6 Å². The third-order valence-electron chi connectivity index (χ3n) is 14.9. The molecule has 0 aliphatic rings. The molecule has 7 aromatic heterocycles. The summed E-state index contributed by atoms with van der Waals surface area (Å²) in [6.45, 7) is 23.3. The van der Waals surface area contributed by atoms with Crippen LogP contribution in [0.3, 0.4) is 0 Å². The molecule has 3 atom stereocenters. The first kappa shape index (κ1) is 67.5. The lowest BCUT2D eigenvalue weighted by Crippen LogP contribution is -2.26. The second-order valence-corrected chi connectivity index (χ2v) is 22.2. The zero-order chi connectivity index (χ0) is 66.7. The predicted octanol–water partition coefficient (Wildman–Crippen LogP) is 14.2. The van der Waals surface area contributed by atoms with Crippen LogP contribution in [0.4, 0.5) is 29.1 Å². The van der Waals surface area contributed by atoms with E-state index < -0.39 is 6.04 Å². The molecule has 13 aromatic rings. The molecule has 0 bridgehead atoms. The Bertz CT molecular complexity index is 5200. The lowest BCUT2D eigenvalue weighted by Gasteiger charge is -2.22. The predicted molar refractivity (Wildman–Crippen MR) is 380 cm³/mol. The van der Waals surface area contributed by atoms with Crippen molar-refractivity contribution in [2.24, 2.45) is 11.5 Å². The number of pyridine rings is 3. The van der Waals surface area contributed by atoms with Crippen molar-refractivity contribution in [3.8, 4) is 39.3 Å². The number of para-hydroxylation sites is 3. The summed E-state index contributed by atoms with van der Waals surface area (Å²) < 4.78 is 5.02. The van der Waals surface area contributed by atoms with Gasteiger partial charge in [-0.25, -0.2) is 49.6 Å². The Morgan fingerprint density at radius 2 is 0.832 bits per heavy atom. The zero-order valence-corrected chi connectivity index (χ0v) is 52.9. The molecule has 21 nitrogen and oxygen atoms in total. The summed E-state index contributed by atoms with van der Waals surface area (Å²) >= 11 is 11.7. The molecule has 0 saturated heterocycles. The van der Waals surface area contributed by atoms with E-state index >= 15 is 0 Å². The van der Waals surface area contributed by atoms with Gasteiger partial charge in [-0.2, -0.15) is 0 Å². The van der Waals surface area contributed by atoms with Crippen LogP contribution in [0, 0.1) is 27.0 Å². The number of nitrogens with one attached hydrogen (secondary N) is 1. The van der Waals surface area contributed by atoms with Crippen LogP contribution >= 0.6 is 23.2 Å². The van der Waals surface area contributed by atoms with Gasteiger partial charge in [0.2, 0.25) is 23.3 Å². The Balaban J connectivity index is 0.000000159. The smallest absolute Gasteiger partial charge is 0.264 e. The number of fused-ring (bicyclic) bond motifs is 3. The zero-order valence-electron chi connectivity index (χ0n) is 51.4. The molecule has 13 rings (SSSR count). The Morgan fingerprint density at radius 1 is 0.463 bits per heavy atom. The number of nitrogens with two attached hydrogens (primary N) is 4. The van der Waals surface area contributed by atoms with Crippen molar-refractivity contribution >= 4 is 84.6 Å². The van der Waals surface area contributed by atoms with E-state index in [1.807, 2.05) is 192 Å². The molecular weight excluding hydrogens is 1240 g/mol. The Hall–Kier alpha value is -11.9. The van der Waals surface area contributed by atoms with Crippen LogP contribution in [-0.2, 0) is 0 Å². The minimum atomic E-state index is -0.400. The number of benzene rings is 6. The highest BCUT2D eigenvalue weighted by atomic mass is 35.5. The van der Waals surface area contributed by atoms with Crippen LogP contribution in [0.15, 0.2) is 215 Å². The van der Waals surface area contributed by atoms with Gasteiger partial charge in [-0.1, -0.05) is 134 Å². The first-order valence-electron chi connectivity index (χ1n) is 29.2. The molecule has 0 spiro atoms. The second kappa shape index (κ2) is 30.1. The number of aryl methyl sites for hydroxylation is 2. The van der Waals surface area contributed by atoms with E-state index in [9.17, 15) is 14.4 Å². The third kappa shape index (κ3) is 14.9. The van der Waals surface area contributed by atoms with Gasteiger partial charge in [-0.05, 0) is 123 Å². The highest BCUT2D eigenvalue weighted by Gasteiger charge is 2.22. The Labute approximate surface area is 556 Å². The van der Waals surface area contributed by atoms with Crippen molar-refractivity contribution in [3.05, 3.63) is 294 Å². The van der Waals surface area contributed by atoms with Crippen LogP contribution in [0.5, 0.6) is 0 Å². The number of hydrogen-bond acceptors (Lipinski definition) is 16. The van der Waals surface area contributed by atoms with Crippen molar-refractivity contribution in [2.75, 3.05) is 16.8 Å². The standard InChI is InChI=1S/C27H22N8O.C22H20N4O.C17H15ClN2O.C5H3ClN4.CH4/c1-16(33-25-22(29-3)15-32-27(28)34-25)23-12-18-8-7-11-21(19-13-30-17(2)31-14-19)24(18)26(36)35(23)20-9-5-4-6-10-20;1-14(23)20-11-16-7-6-10-19(17-12-24-15(2)25-13-17)21(16)22(27)26(20)18-8-4-3-5-9-18;1-11(19)15-10-12-6-5-9-14(18)16(12)17(21)20(15)13-7-3-2-4-8-13;1-8-3-2-9-5(7)10-4(3)6;/h4-16H,1-2H3,(H3,28,32,33,34);3-14H,23H2,1-2H3;2-11H,19H2,1H3;2H,(H2,7,9,10);1H4/t16-;14-;11-;;/m000../s1. The third-order valence-corrected chi connectivity index (χ3v) is 15.5. The van der Waals surface area contributed by atoms with E-state index in [1.165, 1.54) is 12.4 Å². The van der Waals surface area contributed by atoms with Gasteiger partial charge in [0, 0.05) is 94.5 Å². The van der Waals surface area contributed by atoms with Crippen molar-refractivity contribution in [2.45, 2.75) is 60.2 Å². The summed E-state index contributed by atoms with van der Waals surface area (Å²) in [5.74, 6) is 1.80. The number of hydrogen-bond donors (Lipinski definition) is 5. The van der Waals surface area contributed by atoms with Crippen LogP contribution < -0.4 is 44.9 Å². The molecule has 0 aliphatic heterocycles. The van der Waals surface area contributed by atoms with Gasteiger partial charge in [0.1, 0.15) is 22.6 Å². The maximum absolute atomic E-state index is 14.1. The number of nitrogen functional groups attached to an aromatic ring is 2. The molecular formula is C72H64Cl2N18O3. The highest BCUT2D eigenvalue weighted by molar-refractivity contribution is 6.35. The molecule has 0 unspecified atom stereocenters. The molecule has 0 radical (unpaired) electrons. The number of anilines is 3. The Kier molecular flexibility index (Phi) is 21.4. The Morgan fingerprint density at radius 3 is 1.24 bits per heavy atom. The lowest BCUT2D eigenvalue weighted by molar-refractivity contribution is 0.734. The van der Waals surface area contributed by atoms with E-state index in [0.29, 0.717) is 44.3 Å². The fourth-order valence-electron chi connectivity index (χ4n) is 10.5. The van der Waals surface area contributed by atoms with Gasteiger partial charge in [0.25, 0.3) is 16.7 Å². The number of aromatic nitrogens is 11. The largest absolute Gasteiger partial charge is 0.371 e. The monoisotopic (exact) mass is 1300 g/mol. The minimum Gasteiger partial charge on any atom is -0.371 e. The minimum absolute atomic E-state index is 0. The first-order valence-corrected chi connectivity index (χ1v) is 30.0. The summed E-state index contributed by atoms with van der Waals surface area (Å²) in [6.07, 6.45) is 9.63. The average Bonchev–Trinajstić information content (AvgIpc) is 0.768.